The Hall–Kier alpha value is -1.51. The standard InChI is InChI=1S/C15H17F3N4S/c1-2-22-4-3-13(19-7-10-8-23-21-20-10)15(22)9-5-11(16)14(18)12(17)6-9/h5-6,8,13,15,19H,2-4,7H2,1H3/t13-,15+/m0/s1. The number of aromatic nitrogens is 2. The molecular weight excluding hydrogens is 325 g/mol. The second-order valence-corrected chi connectivity index (χ2v) is 6.15. The summed E-state index contributed by atoms with van der Waals surface area (Å²) in [4.78, 5) is 2.13. The fourth-order valence-corrected chi connectivity index (χ4v) is 3.56. The molecule has 2 heterocycles. The van der Waals surface area contributed by atoms with Gasteiger partial charge in [-0.2, -0.15) is 0 Å². The molecule has 0 unspecified atom stereocenters. The number of rotatable bonds is 5. The van der Waals surface area contributed by atoms with Crippen LogP contribution in [-0.2, 0) is 6.54 Å². The van der Waals surface area contributed by atoms with Gasteiger partial charge in [-0.3, -0.25) is 4.90 Å². The third-order valence-corrected chi connectivity index (χ3v) is 4.76. The lowest BCUT2D eigenvalue weighted by molar-refractivity contribution is 0.246. The summed E-state index contributed by atoms with van der Waals surface area (Å²) < 4.78 is 44.2. The molecule has 0 amide bonds. The van der Waals surface area contributed by atoms with E-state index >= 15 is 0 Å². The molecule has 0 spiro atoms. The van der Waals surface area contributed by atoms with Crippen molar-refractivity contribution in [3.63, 3.8) is 0 Å². The fraction of sp³-hybridized carbons (Fsp3) is 0.467. The molecule has 0 aliphatic carbocycles. The molecule has 23 heavy (non-hydrogen) atoms. The highest BCUT2D eigenvalue weighted by molar-refractivity contribution is 7.03. The summed E-state index contributed by atoms with van der Waals surface area (Å²) in [5.74, 6) is -3.72. The monoisotopic (exact) mass is 342 g/mol. The Balaban J connectivity index is 1.82. The number of hydrogen-bond donors (Lipinski definition) is 1. The van der Waals surface area contributed by atoms with E-state index in [2.05, 4.69) is 19.8 Å². The van der Waals surface area contributed by atoms with E-state index in [1.807, 2.05) is 12.3 Å². The maximum absolute atomic E-state index is 13.6. The van der Waals surface area contributed by atoms with Gasteiger partial charge >= 0.3 is 0 Å². The highest BCUT2D eigenvalue weighted by Crippen LogP contribution is 2.33. The predicted molar refractivity (Wildman–Crippen MR) is 81.5 cm³/mol. The van der Waals surface area contributed by atoms with Gasteiger partial charge in [-0.15, -0.1) is 5.10 Å². The van der Waals surface area contributed by atoms with Crippen molar-refractivity contribution >= 4 is 11.5 Å². The van der Waals surface area contributed by atoms with Crippen LogP contribution in [0.4, 0.5) is 13.2 Å². The Morgan fingerprint density at radius 3 is 2.65 bits per heavy atom. The molecule has 1 aliphatic rings. The van der Waals surface area contributed by atoms with Gasteiger partial charge in [0.05, 0.1) is 11.7 Å². The molecule has 1 N–H and O–H groups in total. The third-order valence-electron chi connectivity index (χ3n) is 4.21. The first kappa shape index (κ1) is 16.4. The second-order valence-electron chi connectivity index (χ2n) is 5.54. The minimum atomic E-state index is -1.42. The normalized spacial score (nSPS) is 21.9. The molecule has 4 nitrogen and oxygen atoms in total. The lowest BCUT2D eigenvalue weighted by Gasteiger charge is -2.28. The molecule has 2 atom stereocenters. The molecule has 1 aromatic carbocycles. The second kappa shape index (κ2) is 6.94. The number of nitrogens with one attached hydrogen (secondary N) is 1. The summed E-state index contributed by atoms with van der Waals surface area (Å²) in [5.41, 5.74) is 1.29. The van der Waals surface area contributed by atoms with Crippen LogP contribution in [0.5, 0.6) is 0 Å². The molecule has 0 radical (unpaired) electrons. The zero-order chi connectivity index (χ0) is 16.4. The highest BCUT2D eigenvalue weighted by atomic mass is 32.1. The van der Waals surface area contributed by atoms with Gasteiger partial charge in [0.1, 0.15) is 0 Å². The topological polar surface area (TPSA) is 41.0 Å². The molecule has 1 aliphatic heterocycles. The van der Waals surface area contributed by atoms with Gasteiger partial charge in [0, 0.05) is 24.5 Å². The molecule has 1 aromatic heterocycles. The van der Waals surface area contributed by atoms with Crippen molar-refractivity contribution in [2.75, 3.05) is 13.1 Å². The van der Waals surface area contributed by atoms with Gasteiger partial charge in [0.25, 0.3) is 0 Å². The van der Waals surface area contributed by atoms with Gasteiger partial charge in [0.2, 0.25) is 0 Å². The maximum atomic E-state index is 13.6. The van der Waals surface area contributed by atoms with Gasteiger partial charge in [-0.1, -0.05) is 11.4 Å². The van der Waals surface area contributed by atoms with E-state index in [1.54, 1.807) is 0 Å². The number of likely N-dealkylation sites (tertiary alicyclic amines) is 1. The summed E-state index contributed by atoms with van der Waals surface area (Å²) in [7, 11) is 0. The van der Waals surface area contributed by atoms with Crippen molar-refractivity contribution in [1.29, 1.82) is 0 Å². The smallest absolute Gasteiger partial charge is 0.194 e. The molecule has 0 bridgehead atoms. The Labute approximate surface area is 136 Å². The van der Waals surface area contributed by atoms with Gasteiger partial charge < -0.3 is 5.32 Å². The van der Waals surface area contributed by atoms with Crippen molar-refractivity contribution in [3.05, 3.63) is 46.2 Å². The molecule has 1 saturated heterocycles. The van der Waals surface area contributed by atoms with Crippen molar-refractivity contribution in [1.82, 2.24) is 19.8 Å². The number of halogens is 3. The summed E-state index contributed by atoms with van der Waals surface area (Å²) in [6.45, 7) is 4.10. The molecule has 0 saturated carbocycles. The molecule has 8 heteroatoms. The van der Waals surface area contributed by atoms with E-state index in [-0.39, 0.29) is 12.1 Å². The number of likely N-dealkylation sites (N-methyl/N-ethyl adjacent to an activating group) is 1. The van der Waals surface area contributed by atoms with E-state index in [0.717, 1.165) is 37.3 Å². The van der Waals surface area contributed by atoms with E-state index in [4.69, 9.17) is 0 Å². The average molecular weight is 342 g/mol. The summed E-state index contributed by atoms with van der Waals surface area (Å²) in [6, 6.07) is 2.00. The summed E-state index contributed by atoms with van der Waals surface area (Å²) in [6.07, 6.45) is 0.844. The van der Waals surface area contributed by atoms with Crippen LogP contribution in [0.25, 0.3) is 0 Å². The number of hydrogen-bond acceptors (Lipinski definition) is 5. The van der Waals surface area contributed by atoms with Gasteiger partial charge in [-0.25, -0.2) is 13.2 Å². The number of benzene rings is 1. The molecule has 1 fully saturated rings. The minimum absolute atomic E-state index is 0.0147. The first-order chi connectivity index (χ1) is 11.1. The first-order valence-electron chi connectivity index (χ1n) is 7.48. The molecule has 124 valence electrons. The van der Waals surface area contributed by atoms with Gasteiger partial charge in [0.15, 0.2) is 17.5 Å². The Morgan fingerprint density at radius 1 is 1.30 bits per heavy atom. The lowest BCUT2D eigenvalue weighted by Crippen LogP contribution is -2.36. The van der Waals surface area contributed by atoms with Crippen LogP contribution in [0, 0.1) is 17.5 Å². The highest BCUT2D eigenvalue weighted by Gasteiger charge is 2.35. The van der Waals surface area contributed by atoms with Crippen molar-refractivity contribution < 1.29 is 13.2 Å². The van der Waals surface area contributed by atoms with E-state index in [1.165, 1.54) is 11.5 Å². The zero-order valence-electron chi connectivity index (χ0n) is 12.6. The Morgan fingerprint density at radius 2 is 2.04 bits per heavy atom. The van der Waals surface area contributed by atoms with Crippen LogP contribution in [0.15, 0.2) is 17.5 Å². The van der Waals surface area contributed by atoms with Crippen LogP contribution in [0.2, 0.25) is 0 Å². The molecule has 3 rings (SSSR count). The van der Waals surface area contributed by atoms with E-state index in [0.29, 0.717) is 12.1 Å². The maximum Gasteiger partial charge on any atom is 0.194 e. The summed E-state index contributed by atoms with van der Waals surface area (Å²) >= 11 is 1.28. The van der Waals surface area contributed by atoms with Crippen LogP contribution in [-0.4, -0.2) is 33.6 Å². The lowest BCUT2D eigenvalue weighted by atomic mass is 9.99. The quantitative estimate of drug-likeness (QED) is 0.849. The van der Waals surface area contributed by atoms with Crippen molar-refractivity contribution in [2.24, 2.45) is 0 Å². The van der Waals surface area contributed by atoms with Crippen LogP contribution in [0.3, 0.4) is 0 Å². The zero-order valence-corrected chi connectivity index (χ0v) is 13.4. The predicted octanol–water partition coefficient (Wildman–Crippen LogP) is 2.88. The van der Waals surface area contributed by atoms with E-state index in [9.17, 15) is 13.2 Å². The SMILES string of the molecule is CCN1CC[C@H](NCc2csnn2)[C@H]1c1cc(F)c(F)c(F)c1. The first-order valence-corrected chi connectivity index (χ1v) is 8.31. The van der Waals surface area contributed by atoms with Crippen molar-refractivity contribution in [3.8, 4) is 0 Å². The summed E-state index contributed by atoms with van der Waals surface area (Å²) in [5, 5.41) is 9.20. The average Bonchev–Trinajstić information content (AvgIpc) is 3.18. The Bertz CT molecular complexity index is 642. The number of nitrogens with zero attached hydrogens (tertiary/aromatic N) is 3. The van der Waals surface area contributed by atoms with Gasteiger partial charge in [-0.05, 0) is 42.2 Å². The Kier molecular flexibility index (Phi) is 4.93. The largest absolute Gasteiger partial charge is 0.306 e. The molecule has 2 aromatic rings. The minimum Gasteiger partial charge on any atom is -0.306 e. The fourth-order valence-electron chi connectivity index (χ4n) is 3.11. The molecular formula is C15H17F3N4S. The third kappa shape index (κ3) is 3.39. The van der Waals surface area contributed by atoms with Crippen molar-refractivity contribution in [2.45, 2.75) is 32.0 Å². The van der Waals surface area contributed by atoms with Crippen LogP contribution < -0.4 is 5.32 Å². The van der Waals surface area contributed by atoms with E-state index < -0.39 is 17.5 Å². The van der Waals surface area contributed by atoms with Crippen LogP contribution >= 0.6 is 11.5 Å². The van der Waals surface area contributed by atoms with Crippen LogP contribution in [0.1, 0.15) is 30.6 Å².